The van der Waals surface area contributed by atoms with Crippen LogP contribution in [-0.4, -0.2) is 32.9 Å². The Balaban J connectivity index is 2.12. The molecule has 0 aliphatic rings. The second-order valence-corrected chi connectivity index (χ2v) is 5.44. The van der Waals surface area contributed by atoms with Gasteiger partial charge in [-0.2, -0.15) is 0 Å². The fourth-order valence-corrected chi connectivity index (χ4v) is 2.69. The fraction of sp³-hybridized carbons (Fsp3) is 0.312. The summed E-state index contributed by atoms with van der Waals surface area (Å²) >= 11 is 0. The lowest BCUT2D eigenvalue weighted by Gasteiger charge is -2.10. The maximum absolute atomic E-state index is 12.4. The van der Waals surface area contributed by atoms with E-state index in [0.29, 0.717) is 29.2 Å². The van der Waals surface area contributed by atoms with E-state index in [1.807, 2.05) is 12.1 Å². The Labute approximate surface area is 137 Å². The third-order valence-corrected chi connectivity index (χ3v) is 4.02. The molecular weight excluding hydrogens is 312 g/mol. The van der Waals surface area contributed by atoms with Gasteiger partial charge in [-0.15, -0.1) is 0 Å². The first kappa shape index (κ1) is 15.9. The van der Waals surface area contributed by atoms with Crippen molar-refractivity contribution in [3.63, 3.8) is 0 Å². The Morgan fingerprint density at radius 2 is 1.75 bits per heavy atom. The molecule has 2 aromatic heterocycles. The zero-order valence-corrected chi connectivity index (χ0v) is 13.9. The van der Waals surface area contributed by atoms with Crippen molar-refractivity contribution in [2.75, 3.05) is 14.2 Å². The van der Waals surface area contributed by atoms with Crippen LogP contribution >= 0.6 is 0 Å². The van der Waals surface area contributed by atoms with E-state index in [9.17, 15) is 9.59 Å². The van der Waals surface area contributed by atoms with Crippen LogP contribution in [0.1, 0.15) is 5.56 Å². The van der Waals surface area contributed by atoms with Crippen LogP contribution < -0.4 is 20.7 Å². The Morgan fingerprint density at radius 3 is 2.42 bits per heavy atom. The third-order valence-electron chi connectivity index (χ3n) is 4.02. The lowest BCUT2D eigenvalue weighted by atomic mass is 10.2. The number of hydrogen-bond donors (Lipinski definition) is 0. The monoisotopic (exact) mass is 330 g/mol. The number of ether oxygens (including phenoxy) is 2. The molecule has 3 rings (SSSR count). The minimum absolute atomic E-state index is 0.364. The summed E-state index contributed by atoms with van der Waals surface area (Å²) in [7, 11) is 6.20. The SMILES string of the molecule is COc1ccc(Cn2cnc3c2c(=O)n(C)c(=O)n3C)cc1OC. The molecule has 0 saturated carbocycles. The van der Waals surface area contributed by atoms with Crippen molar-refractivity contribution in [3.8, 4) is 11.5 Å². The normalized spacial score (nSPS) is 11.0. The van der Waals surface area contributed by atoms with Crippen molar-refractivity contribution >= 4 is 11.2 Å². The maximum atomic E-state index is 12.4. The molecule has 24 heavy (non-hydrogen) atoms. The molecule has 0 spiro atoms. The Hall–Kier alpha value is -3.03. The van der Waals surface area contributed by atoms with Gasteiger partial charge in [0.1, 0.15) is 0 Å². The summed E-state index contributed by atoms with van der Waals surface area (Å²) in [6, 6.07) is 5.54. The molecule has 0 aliphatic carbocycles. The lowest BCUT2D eigenvalue weighted by Crippen LogP contribution is -2.37. The van der Waals surface area contributed by atoms with Crippen molar-refractivity contribution in [1.82, 2.24) is 18.7 Å². The number of aryl methyl sites for hydroxylation is 1. The molecular formula is C16H18N4O4. The van der Waals surface area contributed by atoms with Crippen LogP contribution in [0, 0.1) is 0 Å². The van der Waals surface area contributed by atoms with E-state index in [4.69, 9.17) is 9.47 Å². The van der Waals surface area contributed by atoms with Crippen LogP contribution in [-0.2, 0) is 20.6 Å². The standard InChI is InChI=1S/C16H18N4O4/c1-18-14-13(15(21)19(2)16(18)22)20(9-17-14)8-10-5-6-11(23-3)12(7-10)24-4/h5-7,9H,8H2,1-4H3. The molecule has 0 bridgehead atoms. The van der Waals surface area contributed by atoms with Crippen molar-refractivity contribution in [1.29, 1.82) is 0 Å². The molecule has 8 heteroatoms. The quantitative estimate of drug-likeness (QED) is 0.696. The molecule has 126 valence electrons. The summed E-state index contributed by atoms with van der Waals surface area (Å²) in [4.78, 5) is 28.6. The Kier molecular flexibility index (Phi) is 3.88. The largest absolute Gasteiger partial charge is 0.493 e. The summed E-state index contributed by atoms with van der Waals surface area (Å²) in [6.45, 7) is 0.421. The number of rotatable bonds is 4. The van der Waals surface area contributed by atoms with Crippen molar-refractivity contribution < 1.29 is 9.47 Å². The van der Waals surface area contributed by atoms with Gasteiger partial charge in [-0.05, 0) is 17.7 Å². The van der Waals surface area contributed by atoms with Crippen LogP contribution in [0.15, 0.2) is 34.1 Å². The Bertz CT molecular complexity index is 1030. The molecule has 3 aromatic rings. The molecule has 0 N–H and O–H groups in total. The Morgan fingerprint density at radius 1 is 1.04 bits per heavy atom. The van der Waals surface area contributed by atoms with E-state index in [-0.39, 0.29) is 5.56 Å². The summed E-state index contributed by atoms with van der Waals surface area (Å²) in [5.74, 6) is 1.25. The van der Waals surface area contributed by atoms with Crippen LogP contribution in [0.5, 0.6) is 11.5 Å². The van der Waals surface area contributed by atoms with Gasteiger partial charge in [-0.3, -0.25) is 13.9 Å². The second-order valence-electron chi connectivity index (χ2n) is 5.44. The van der Waals surface area contributed by atoms with Gasteiger partial charge in [0.25, 0.3) is 5.56 Å². The summed E-state index contributed by atoms with van der Waals surface area (Å²) in [5.41, 5.74) is 0.899. The summed E-state index contributed by atoms with van der Waals surface area (Å²) < 4.78 is 14.7. The van der Waals surface area contributed by atoms with Gasteiger partial charge in [0.2, 0.25) is 0 Å². The number of hydrogen-bond acceptors (Lipinski definition) is 5. The van der Waals surface area contributed by atoms with Gasteiger partial charge in [0, 0.05) is 20.6 Å². The van der Waals surface area contributed by atoms with Crippen LogP contribution in [0.4, 0.5) is 0 Å². The minimum Gasteiger partial charge on any atom is -0.493 e. The number of methoxy groups -OCH3 is 2. The average Bonchev–Trinajstić information content (AvgIpc) is 3.01. The number of benzene rings is 1. The number of imidazole rings is 1. The van der Waals surface area contributed by atoms with E-state index >= 15 is 0 Å². The number of fused-ring (bicyclic) bond motifs is 1. The van der Waals surface area contributed by atoms with Gasteiger partial charge in [-0.25, -0.2) is 9.78 Å². The van der Waals surface area contributed by atoms with Crippen LogP contribution in [0.2, 0.25) is 0 Å². The molecule has 0 unspecified atom stereocenters. The highest BCUT2D eigenvalue weighted by molar-refractivity contribution is 5.70. The predicted molar refractivity (Wildman–Crippen MR) is 88.9 cm³/mol. The van der Waals surface area contributed by atoms with Gasteiger partial charge in [0.15, 0.2) is 22.7 Å². The van der Waals surface area contributed by atoms with E-state index < -0.39 is 5.69 Å². The first-order chi connectivity index (χ1) is 11.5. The van der Waals surface area contributed by atoms with Gasteiger partial charge in [0.05, 0.1) is 20.5 Å². The zero-order chi connectivity index (χ0) is 17.4. The number of aromatic nitrogens is 4. The van der Waals surface area contributed by atoms with Gasteiger partial charge in [-0.1, -0.05) is 6.07 Å². The summed E-state index contributed by atoms with van der Waals surface area (Å²) in [6.07, 6.45) is 1.56. The van der Waals surface area contributed by atoms with Crippen molar-refractivity contribution in [3.05, 3.63) is 50.9 Å². The molecule has 0 saturated heterocycles. The predicted octanol–water partition coefficient (Wildman–Crippen LogP) is 0.499. The van der Waals surface area contributed by atoms with E-state index in [2.05, 4.69) is 4.98 Å². The second kappa shape index (κ2) is 5.88. The smallest absolute Gasteiger partial charge is 0.332 e. The molecule has 0 amide bonds. The van der Waals surface area contributed by atoms with E-state index in [0.717, 1.165) is 10.1 Å². The van der Waals surface area contributed by atoms with Crippen molar-refractivity contribution in [2.45, 2.75) is 6.54 Å². The molecule has 1 aromatic carbocycles. The number of nitrogens with zero attached hydrogens (tertiary/aromatic N) is 4. The fourth-order valence-electron chi connectivity index (χ4n) is 2.69. The maximum Gasteiger partial charge on any atom is 0.332 e. The van der Waals surface area contributed by atoms with E-state index in [1.54, 1.807) is 38.2 Å². The van der Waals surface area contributed by atoms with Crippen LogP contribution in [0.25, 0.3) is 11.2 Å². The summed E-state index contributed by atoms with van der Waals surface area (Å²) in [5, 5.41) is 0. The lowest BCUT2D eigenvalue weighted by molar-refractivity contribution is 0.354. The highest BCUT2D eigenvalue weighted by Crippen LogP contribution is 2.28. The third kappa shape index (κ3) is 2.36. The van der Waals surface area contributed by atoms with E-state index in [1.165, 1.54) is 11.6 Å². The molecule has 0 aliphatic heterocycles. The molecule has 2 heterocycles. The minimum atomic E-state index is -0.399. The molecule has 0 radical (unpaired) electrons. The first-order valence-corrected chi connectivity index (χ1v) is 7.29. The topological polar surface area (TPSA) is 80.3 Å². The van der Waals surface area contributed by atoms with Gasteiger partial charge >= 0.3 is 5.69 Å². The zero-order valence-electron chi connectivity index (χ0n) is 13.9. The molecule has 0 fully saturated rings. The van der Waals surface area contributed by atoms with Gasteiger partial charge < -0.3 is 14.0 Å². The molecule has 8 nitrogen and oxygen atoms in total. The molecule has 0 atom stereocenters. The van der Waals surface area contributed by atoms with Crippen molar-refractivity contribution in [2.24, 2.45) is 14.1 Å². The highest BCUT2D eigenvalue weighted by atomic mass is 16.5. The van der Waals surface area contributed by atoms with Crippen LogP contribution in [0.3, 0.4) is 0 Å². The average molecular weight is 330 g/mol. The first-order valence-electron chi connectivity index (χ1n) is 7.29. The highest BCUT2D eigenvalue weighted by Gasteiger charge is 2.15.